The molecule has 5 heteroatoms. The standard InChI is InChI=1S/C20H17FN2O2/c1-3-12-23-19(24)17(14-6-8-15(21)9-7-14)18(20(23)25)22-16-10-4-13(2)5-11-16/h3-11,22H,1,12H2,2H3. The molecular formula is C20H17FN2O2. The lowest BCUT2D eigenvalue weighted by Gasteiger charge is -2.12. The van der Waals surface area contributed by atoms with E-state index in [1.165, 1.54) is 30.3 Å². The van der Waals surface area contributed by atoms with Crippen LogP contribution in [0.3, 0.4) is 0 Å². The van der Waals surface area contributed by atoms with Gasteiger partial charge < -0.3 is 5.32 Å². The van der Waals surface area contributed by atoms with Crippen molar-refractivity contribution in [2.75, 3.05) is 11.9 Å². The molecule has 1 aliphatic rings. The number of nitrogens with one attached hydrogen (secondary N) is 1. The lowest BCUT2D eigenvalue weighted by molar-refractivity contribution is -0.136. The highest BCUT2D eigenvalue weighted by atomic mass is 19.1. The number of carbonyl (C=O) groups is 2. The summed E-state index contributed by atoms with van der Waals surface area (Å²) in [4.78, 5) is 26.5. The molecule has 126 valence electrons. The van der Waals surface area contributed by atoms with E-state index in [0.29, 0.717) is 11.3 Å². The number of hydrogen-bond donors (Lipinski definition) is 1. The number of imide groups is 1. The Hall–Kier alpha value is -3.21. The van der Waals surface area contributed by atoms with Gasteiger partial charge in [0.1, 0.15) is 11.5 Å². The van der Waals surface area contributed by atoms with Crippen molar-refractivity contribution in [1.29, 1.82) is 0 Å². The van der Waals surface area contributed by atoms with Crippen LogP contribution in [0.2, 0.25) is 0 Å². The predicted octanol–water partition coefficient (Wildman–Crippen LogP) is 3.51. The van der Waals surface area contributed by atoms with Gasteiger partial charge in [-0.1, -0.05) is 35.9 Å². The molecule has 0 unspecified atom stereocenters. The highest BCUT2D eigenvalue weighted by Crippen LogP contribution is 2.30. The van der Waals surface area contributed by atoms with Crippen molar-refractivity contribution in [2.45, 2.75) is 6.92 Å². The topological polar surface area (TPSA) is 49.4 Å². The van der Waals surface area contributed by atoms with Gasteiger partial charge in [0.05, 0.1) is 5.57 Å². The van der Waals surface area contributed by atoms with Crippen molar-refractivity contribution in [3.63, 3.8) is 0 Å². The van der Waals surface area contributed by atoms with Gasteiger partial charge in [-0.15, -0.1) is 6.58 Å². The summed E-state index contributed by atoms with van der Waals surface area (Å²) in [5.74, 6) is -1.26. The fraction of sp³-hybridized carbons (Fsp3) is 0.100. The maximum Gasteiger partial charge on any atom is 0.278 e. The van der Waals surface area contributed by atoms with E-state index in [-0.39, 0.29) is 17.8 Å². The largest absolute Gasteiger partial charge is 0.350 e. The van der Waals surface area contributed by atoms with Crippen LogP contribution in [-0.2, 0) is 9.59 Å². The van der Waals surface area contributed by atoms with Crippen LogP contribution in [0.1, 0.15) is 11.1 Å². The molecule has 1 aliphatic heterocycles. The smallest absolute Gasteiger partial charge is 0.278 e. The van der Waals surface area contributed by atoms with Crippen molar-refractivity contribution < 1.29 is 14.0 Å². The van der Waals surface area contributed by atoms with Gasteiger partial charge in [0, 0.05) is 12.2 Å². The number of nitrogens with zero attached hydrogens (tertiary/aromatic N) is 1. The number of rotatable bonds is 5. The second-order valence-corrected chi connectivity index (χ2v) is 5.76. The molecule has 0 aliphatic carbocycles. The fourth-order valence-corrected chi connectivity index (χ4v) is 2.65. The van der Waals surface area contributed by atoms with Crippen LogP contribution in [-0.4, -0.2) is 23.3 Å². The number of amides is 2. The van der Waals surface area contributed by atoms with E-state index in [0.717, 1.165) is 10.5 Å². The number of carbonyl (C=O) groups excluding carboxylic acids is 2. The summed E-state index contributed by atoms with van der Waals surface area (Å²) in [5.41, 5.74) is 2.68. The van der Waals surface area contributed by atoms with E-state index in [1.807, 2.05) is 31.2 Å². The summed E-state index contributed by atoms with van der Waals surface area (Å²) in [7, 11) is 0. The van der Waals surface area contributed by atoms with Crippen LogP contribution in [0, 0.1) is 12.7 Å². The molecule has 0 aromatic heterocycles. The molecule has 2 amide bonds. The van der Waals surface area contributed by atoms with Crippen LogP contribution in [0.5, 0.6) is 0 Å². The Bertz CT molecular complexity index is 868. The van der Waals surface area contributed by atoms with Crippen LogP contribution in [0.25, 0.3) is 5.57 Å². The van der Waals surface area contributed by atoms with E-state index in [4.69, 9.17) is 0 Å². The maximum absolute atomic E-state index is 13.2. The lowest BCUT2D eigenvalue weighted by atomic mass is 10.0. The highest BCUT2D eigenvalue weighted by molar-refractivity contribution is 6.36. The van der Waals surface area contributed by atoms with E-state index in [9.17, 15) is 14.0 Å². The Balaban J connectivity index is 2.06. The minimum atomic E-state index is -0.426. The van der Waals surface area contributed by atoms with Crippen LogP contribution in [0.15, 0.2) is 66.9 Å². The third-order valence-electron chi connectivity index (χ3n) is 3.93. The Kier molecular flexibility index (Phi) is 4.48. The molecule has 0 saturated heterocycles. The maximum atomic E-state index is 13.2. The Morgan fingerprint density at radius 2 is 1.68 bits per heavy atom. The second kappa shape index (κ2) is 6.73. The molecule has 1 N–H and O–H groups in total. The van der Waals surface area contributed by atoms with Gasteiger partial charge in [0.2, 0.25) is 0 Å². The number of anilines is 1. The number of benzene rings is 2. The monoisotopic (exact) mass is 336 g/mol. The number of halogens is 1. The first-order valence-corrected chi connectivity index (χ1v) is 7.82. The van der Waals surface area contributed by atoms with Crippen molar-refractivity contribution in [1.82, 2.24) is 4.90 Å². The molecule has 1 heterocycles. The quantitative estimate of drug-likeness (QED) is 0.671. The molecule has 2 aromatic carbocycles. The fourth-order valence-electron chi connectivity index (χ4n) is 2.65. The molecule has 0 bridgehead atoms. The van der Waals surface area contributed by atoms with Crippen LogP contribution >= 0.6 is 0 Å². The molecule has 0 radical (unpaired) electrons. The van der Waals surface area contributed by atoms with Crippen LogP contribution < -0.4 is 5.32 Å². The van der Waals surface area contributed by atoms with E-state index in [1.54, 1.807) is 0 Å². The zero-order valence-electron chi connectivity index (χ0n) is 13.8. The van der Waals surface area contributed by atoms with Crippen molar-refractivity contribution >= 4 is 23.1 Å². The summed E-state index contributed by atoms with van der Waals surface area (Å²) in [6, 6.07) is 13.0. The summed E-state index contributed by atoms with van der Waals surface area (Å²) < 4.78 is 13.2. The van der Waals surface area contributed by atoms with Gasteiger partial charge >= 0.3 is 0 Å². The van der Waals surface area contributed by atoms with E-state index in [2.05, 4.69) is 11.9 Å². The minimum absolute atomic E-state index is 0.113. The van der Waals surface area contributed by atoms with Crippen molar-refractivity contribution in [3.8, 4) is 0 Å². The summed E-state index contributed by atoms with van der Waals surface area (Å²) in [5, 5.41) is 3.04. The van der Waals surface area contributed by atoms with Gasteiger partial charge in [-0.2, -0.15) is 0 Å². The Labute approximate surface area is 145 Å². The van der Waals surface area contributed by atoms with Gasteiger partial charge in [-0.3, -0.25) is 14.5 Å². The van der Waals surface area contributed by atoms with Crippen LogP contribution in [0.4, 0.5) is 10.1 Å². The molecule has 3 rings (SSSR count). The Morgan fingerprint density at radius 3 is 2.28 bits per heavy atom. The molecule has 0 spiro atoms. The molecule has 25 heavy (non-hydrogen) atoms. The molecular weight excluding hydrogens is 319 g/mol. The number of aryl methyl sites for hydroxylation is 1. The first kappa shape index (κ1) is 16.6. The molecule has 0 atom stereocenters. The summed E-state index contributed by atoms with van der Waals surface area (Å²) in [6.45, 7) is 5.66. The normalized spacial score (nSPS) is 14.2. The zero-order chi connectivity index (χ0) is 18.0. The molecule has 2 aromatic rings. The minimum Gasteiger partial charge on any atom is -0.350 e. The van der Waals surface area contributed by atoms with Gasteiger partial charge in [0.15, 0.2) is 0 Å². The van der Waals surface area contributed by atoms with E-state index < -0.39 is 17.6 Å². The van der Waals surface area contributed by atoms with Crippen molar-refractivity contribution in [3.05, 3.63) is 83.8 Å². The lowest BCUT2D eigenvalue weighted by Crippen LogP contribution is -2.32. The first-order valence-electron chi connectivity index (χ1n) is 7.82. The average Bonchev–Trinajstić information content (AvgIpc) is 2.83. The summed E-state index contributed by atoms with van der Waals surface area (Å²) >= 11 is 0. The Morgan fingerprint density at radius 1 is 1.04 bits per heavy atom. The first-order chi connectivity index (χ1) is 12.0. The van der Waals surface area contributed by atoms with Gasteiger partial charge in [-0.05, 0) is 36.8 Å². The summed E-state index contributed by atoms with van der Waals surface area (Å²) in [6.07, 6.45) is 1.49. The highest BCUT2D eigenvalue weighted by Gasteiger charge is 2.38. The van der Waals surface area contributed by atoms with Crippen molar-refractivity contribution in [2.24, 2.45) is 0 Å². The van der Waals surface area contributed by atoms with Gasteiger partial charge in [-0.25, -0.2) is 4.39 Å². The number of hydrogen-bond acceptors (Lipinski definition) is 3. The zero-order valence-corrected chi connectivity index (χ0v) is 13.8. The molecule has 0 saturated carbocycles. The SMILES string of the molecule is C=CCN1C(=O)C(Nc2ccc(C)cc2)=C(c2ccc(F)cc2)C1=O. The predicted molar refractivity (Wildman–Crippen MR) is 95.0 cm³/mol. The average molecular weight is 336 g/mol. The third-order valence-corrected chi connectivity index (χ3v) is 3.93. The van der Waals surface area contributed by atoms with E-state index >= 15 is 0 Å². The second-order valence-electron chi connectivity index (χ2n) is 5.76. The third kappa shape index (κ3) is 3.21. The molecule has 0 fully saturated rings. The molecule has 4 nitrogen and oxygen atoms in total. The van der Waals surface area contributed by atoms with Gasteiger partial charge in [0.25, 0.3) is 11.8 Å².